The molecule has 1 N–H and O–H groups in total. The maximum atomic E-state index is 13.6. The van der Waals surface area contributed by atoms with Crippen molar-refractivity contribution in [2.45, 2.75) is 32.5 Å². The molecule has 1 saturated heterocycles. The standard InChI is InChI=1S/C30H29Cl2NO7/c1-16(2)40-20-11-6-8-17(12-20)15-33-25(18-9-7-10-19(13-18)37-3)23(27(35)30(33)36)26(34)21-14-22(31)29(39-5)24(32)28(21)38-4/h6-14,16,25,34H,15H2,1-5H3/b26-23+. The highest BCUT2D eigenvalue weighted by Gasteiger charge is 2.46. The number of carbonyl (C=O) groups excluding carboxylic acids is 2. The normalized spacial score (nSPS) is 16.4. The van der Waals surface area contributed by atoms with Crippen molar-refractivity contribution in [3.63, 3.8) is 0 Å². The Morgan fingerprint density at radius 3 is 2.25 bits per heavy atom. The van der Waals surface area contributed by atoms with Crippen molar-refractivity contribution in [3.8, 4) is 23.0 Å². The summed E-state index contributed by atoms with van der Waals surface area (Å²) in [7, 11) is 4.26. The summed E-state index contributed by atoms with van der Waals surface area (Å²) in [6.07, 6.45) is -0.0422. The van der Waals surface area contributed by atoms with Crippen LogP contribution in [-0.2, 0) is 16.1 Å². The maximum Gasteiger partial charge on any atom is 0.295 e. The summed E-state index contributed by atoms with van der Waals surface area (Å²) >= 11 is 12.8. The Kier molecular flexibility index (Phi) is 8.81. The summed E-state index contributed by atoms with van der Waals surface area (Å²) in [5.41, 5.74) is 1.18. The quantitative estimate of drug-likeness (QED) is 0.176. The van der Waals surface area contributed by atoms with Gasteiger partial charge in [-0.05, 0) is 55.3 Å². The van der Waals surface area contributed by atoms with Gasteiger partial charge in [0.2, 0.25) is 0 Å². The van der Waals surface area contributed by atoms with Gasteiger partial charge in [-0.25, -0.2) is 0 Å². The molecule has 1 fully saturated rings. The summed E-state index contributed by atoms with van der Waals surface area (Å²) in [5.74, 6) is -0.814. The molecule has 3 aromatic rings. The number of methoxy groups -OCH3 is 3. The number of Topliss-reactive ketones (excluding diaryl/α,β-unsaturated/α-hetero) is 1. The lowest BCUT2D eigenvalue weighted by Gasteiger charge is -2.26. The van der Waals surface area contributed by atoms with Crippen molar-refractivity contribution in [1.29, 1.82) is 0 Å². The number of likely N-dealkylation sites (tertiary alicyclic amines) is 1. The van der Waals surface area contributed by atoms with Gasteiger partial charge < -0.3 is 29.0 Å². The van der Waals surface area contributed by atoms with Crippen LogP contribution in [0.5, 0.6) is 23.0 Å². The zero-order chi connectivity index (χ0) is 29.1. The van der Waals surface area contributed by atoms with E-state index in [0.29, 0.717) is 17.1 Å². The van der Waals surface area contributed by atoms with Crippen molar-refractivity contribution in [3.05, 3.63) is 86.9 Å². The number of hydrogen-bond acceptors (Lipinski definition) is 7. The fourth-order valence-corrected chi connectivity index (χ4v) is 5.37. The van der Waals surface area contributed by atoms with Crippen molar-refractivity contribution in [1.82, 2.24) is 4.90 Å². The molecule has 4 rings (SSSR count). The third-order valence-corrected chi connectivity index (χ3v) is 6.99. The SMILES string of the molecule is COc1cccc(C2/C(=C(\O)c3cc(Cl)c(OC)c(Cl)c3OC)C(=O)C(=O)N2Cc2cccc(OC(C)C)c2)c1. The van der Waals surface area contributed by atoms with Gasteiger partial charge in [-0.2, -0.15) is 0 Å². The molecule has 210 valence electrons. The molecule has 0 aromatic heterocycles. The van der Waals surface area contributed by atoms with E-state index in [0.717, 1.165) is 5.56 Å². The lowest BCUT2D eigenvalue weighted by molar-refractivity contribution is -0.140. The fraction of sp³-hybridized carbons (Fsp3) is 0.267. The zero-order valence-corrected chi connectivity index (χ0v) is 24.2. The second kappa shape index (κ2) is 12.1. The first-order valence-electron chi connectivity index (χ1n) is 12.4. The molecule has 8 nitrogen and oxygen atoms in total. The molecule has 3 aromatic carbocycles. The van der Waals surface area contributed by atoms with Crippen molar-refractivity contribution < 1.29 is 33.6 Å². The van der Waals surface area contributed by atoms with E-state index in [1.807, 2.05) is 38.1 Å². The van der Waals surface area contributed by atoms with E-state index < -0.39 is 23.5 Å². The van der Waals surface area contributed by atoms with E-state index in [9.17, 15) is 14.7 Å². The highest BCUT2D eigenvalue weighted by atomic mass is 35.5. The van der Waals surface area contributed by atoms with Crippen LogP contribution in [0.2, 0.25) is 10.0 Å². The van der Waals surface area contributed by atoms with Crippen LogP contribution in [0.4, 0.5) is 0 Å². The molecule has 40 heavy (non-hydrogen) atoms. The van der Waals surface area contributed by atoms with Crippen LogP contribution in [0.15, 0.2) is 60.2 Å². The lowest BCUT2D eigenvalue weighted by Crippen LogP contribution is -2.29. The number of hydrogen-bond donors (Lipinski definition) is 1. The molecular weight excluding hydrogens is 557 g/mol. The van der Waals surface area contributed by atoms with Crippen molar-refractivity contribution in [2.24, 2.45) is 0 Å². The zero-order valence-electron chi connectivity index (χ0n) is 22.7. The van der Waals surface area contributed by atoms with Gasteiger partial charge >= 0.3 is 0 Å². The Labute approximate surface area is 242 Å². The molecule has 1 heterocycles. The van der Waals surface area contributed by atoms with E-state index in [1.165, 1.54) is 32.3 Å². The number of rotatable bonds is 9. The third kappa shape index (κ3) is 5.55. The average Bonchev–Trinajstić information content (AvgIpc) is 3.17. The first-order valence-corrected chi connectivity index (χ1v) is 13.1. The number of ketones is 1. The monoisotopic (exact) mass is 585 g/mol. The predicted molar refractivity (Wildman–Crippen MR) is 153 cm³/mol. The minimum atomic E-state index is -0.964. The van der Waals surface area contributed by atoms with Crippen molar-refractivity contribution >= 4 is 40.7 Å². The number of benzene rings is 3. The molecule has 1 unspecified atom stereocenters. The number of aliphatic hydroxyl groups excluding tert-OH is 1. The van der Waals surface area contributed by atoms with Crippen LogP contribution in [-0.4, -0.2) is 49.1 Å². The minimum absolute atomic E-state index is 0.00757. The molecule has 0 radical (unpaired) electrons. The second-order valence-electron chi connectivity index (χ2n) is 9.30. The highest BCUT2D eigenvalue weighted by Crippen LogP contribution is 2.47. The second-order valence-corrected chi connectivity index (χ2v) is 10.1. The first-order chi connectivity index (χ1) is 19.1. The van der Waals surface area contributed by atoms with Crippen LogP contribution in [0.3, 0.4) is 0 Å². The highest BCUT2D eigenvalue weighted by molar-refractivity contribution is 6.47. The molecule has 0 aliphatic carbocycles. The van der Waals surface area contributed by atoms with E-state index in [2.05, 4.69) is 0 Å². The van der Waals surface area contributed by atoms with Gasteiger partial charge in [-0.3, -0.25) is 9.59 Å². The number of halogens is 2. The lowest BCUT2D eigenvalue weighted by atomic mass is 9.94. The van der Waals surface area contributed by atoms with E-state index in [-0.39, 0.29) is 45.3 Å². The van der Waals surface area contributed by atoms with Gasteiger partial charge in [0.25, 0.3) is 11.7 Å². The van der Waals surface area contributed by atoms with E-state index >= 15 is 0 Å². The smallest absolute Gasteiger partial charge is 0.295 e. The Morgan fingerprint density at radius 1 is 0.925 bits per heavy atom. The van der Waals surface area contributed by atoms with Gasteiger partial charge in [-0.1, -0.05) is 47.5 Å². The van der Waals surface area contributed by atoms with Crippen LogP contribution in [0.1, 0.15) is 36.6 Å². The number of ether oxygens (including phenoxy) is 4. The Balaban J connectivity index is 1.91. The summed E-state index contributed by atoms with van der Waals surface area (Å²) in [5, 5.41) is 11.7. The molecule has 1 aliphatic rings. The number of amides is 1. The fourth-order valence-electron chi connectivity index (χ4n) is 4.68. The van der Waals surface area contributed by atoms with Crippen LogP contribution in [0, 0.1) is 0 Å². The summed E-state index contributed by atoms with van der Waals surface area (Å²) in [6.45, 7) is 3.90. The van der Waals surface area contributed by atoms with Gasteiger partial charge in [0.1, 0.15) is 22.3 Å². The molecule has 1 atom stereocenters. The molecule has 1 aliphatic heterocycles. The maximum absolute atomic E-state index is 13.6. The van der Waals surface area contributed by atoms with Gasteiger partial charge in [-0.15, -0.1) is 0 Å². The van der Waals surface area contributed by atoms with Gasteiger partial charge in [0.05, 0.1) is 49.6 Å². The molecule has 1 amide bonds. The average molecular weight is 586 g/mol. The van der Waals surface area contributed by atoms with Gasteiger partial charge in [0, 0.05) is 6.54 Å². The molecule has 0 bridgehead atoms. The molecular formula is C30H29Cl2NO7. The molecule has 0 spiro atoms. The first kappa shape index (κ1) is 29.1. The third-order valence-electron chi connectivity index (χ3n) is 6.37. The van der Waals surface area contributed by atoms with E-state index in [4.69, 9.17) is 42.1 Å². The minimum Gasteiger partial charge on any atom is -0.507 e. The Bertz CT molecular complexity index is 1480. The summed E-state index contributed by atoms with van der Waals surface area (Å²) in [6, 6.07) is 14.6. The Hall–Kier alpha value is -3.88. The molecule has 0 saturated carbocycles. The number of aliphatic hydroxyl groups is 1. The summed E-state index contributed by atoms with van der Waals surface area (Å²) < 4.78 is 21.9. The largest absolute Gasteiger partial charge is 0.507 e. The predicted octanol–water partition coefficient (Wildman–Crippen LogP) is 6.43. The van der Waals surface area contributed by atoms with Crippen LogP contribution >= 0.6 is 23.2 Å². The number of carbonyl (C=O) groups is 2. The van der Waals surface area contributed by atoms with Crippen LogP contribution < -0.4 is 18.9 Å². The topological polar surface area (TPSA) is 94.5 Å². The van der Waals surface area contributed by atoms with Crippen molar-refractivity contribution in [2.75, 3.05) is 21.3 Å². The summed E-state index contributed by atoms with van der Waals surface area (Å²) in [4.78, 5) is 28.5. The van der Waals surface area contributed by atoms with E-state index in [1.54, 1.807) is 24.3 Å². The van der Waals surface area contributed by atoms with Gasteiger partial charge in [0.15, 0.2) is 11.5 Å². The van der Waals surface area contributed by atoms with Crippen LogP contribution in [0.25, 0.3) is 5.76 Å². The number of nitrogens with zero attached hydrogens (tertiary/aromatic N) is 1. The molecule has 10 heteroatoms. The Morgan fingerprint density at radius 2 is 1.60 bits per heavy atom.